The van der Waals surface area contributed by atoms with Crippen molar-refractivity contribution in [1.29, 1.82) is 5.41 Å². The Balaban J connectivity index is 2.43. The smallest absolute Gasteiger partial charge is 0.124 e. The van der Waals surface area contributed by atoms with Crippen molar-refractivity contribution < 1.29 is 0 Å². The first-order chi connectivity index (χ1) is 9.99. The number of hydrogen-bond donors (Lipinski definition) is 2. The van der Waals surface area contributed by atoms with Gasteiger partial charge in [-0.15, -0.1) is 0 Å². The van der Waals surface area contributed by atoms with Crippen LogP contribution >= 0.6 is 15.9 Å². The largest absolute Gasteiger partial charge is 0.384 e. The molecule has 0 unspecified atom stereocenters. The summed E-state index contributed by atoms with van der Waals surface area (Å²) in [6.07, 6.45) is 0. The maximum absolute atomic E-state index is 7.80. The van der Waals surface area contributed by atoms with Gasteiger partial charge < -0.3 is 10.6 Å². The Morgan fingerprint density at radius 3 is 2.43 bits per heavy atom. The lowest BCUT2D eigenvalue weighted by molar-refractivity contribution is 0.682. The number of amidine groups is 1. The molecule has 21 heavy (non-hydrogen) atoms. The second kappa shape index (κ2) is 6.76. The lowest BCUT2D eigenvalue weighted by Crippen LogP contribution is -2.32. The number of rotatable bonds is 5. The summed E-state index contributed by atoms with van der Waals surface area (Å²) in [5, 5.41) is 7.80. The van der Waals surface area contributed by atoms with Crippen LogP contribution in [0.3, 0.4) is 0 Å². The lowest BCUT2D eigenvalue weighted by Gasteiger charge is -2.31. The third kappa shape index (κ3) is 3.85. The minimum absolute atomic E-state index is 0.0937. The second-order valence-electron chi connectivity index (χ2n) is 5.28. The van der Waals surface area contributed by atoms with Crippen molar-refractivity contribution in [2.45, 2.75) is 26.4 Å². The highest BCUT2D eigenvalue weighted by atomic mass is 79.9. The Morgan fingerprint density at radius 2 is 1.86 bits per heavy atom. The molecule has 0 fully saturated rings. The van der Waals surface area contributed by atoms with Crippen molar-refractivity contribution in [3.05, 3.63) is 64.1 Å². The second-order valence-corrected chi connectivity index (χ2v) is 6.20. The quantitative estimate of drug-likeness (QED) is 0.631. The Morgan fingerprint density at radius 1 is 1.19 bits per heavy atom. The molecule has 0 saturated heterocycles. The molecule has 0 aliphatic rings. The van der Waals surface area contributed by atoms with Gasteiger partial charge in [0, 0.05) is 28.3 Å². The third-order valence-electron chi connectivity index (χ3n) is 3.38. The fourth-order valence-electron chi connectivity index (χ4n) is 2.30. The first-order valence-corrected chi connectivity index (χ1v) is 7.73. The van der Waals surface area contributed by atoms with E-state index in [9.17, 15) is 0 Å². The summed E-state index contributed by atoms with van der Waals surface area (Å²) in [5.74, 6) is 0.0937. The molecule has 0 aromatic heterocycles. The fourth-order valence-corrected chi connectivity index (χ4v) is 2.65. The molecule has 4 heteroatoms. The number of nitrogens with zero attached hydrogens (tertiary/aromatic N) is 1. The van der Waals surface area contributed by atoms with E-state index in [1.807, 2.05) is 36.4 Å². The van der Waals surface area contributed by atoms with Crippen LogP contribution in [0, 0.1) is 5.41 Å². The molecule has 3 nitrogen and oxygen atoms in total. The van der Waals surface area contributed by atoms with Crippen LogP contribution in [-0.2, 0) is 6.54 Å². The number of nitrogens with two attached hydrogens (primary N) is 1. The summed E-state index contributed by atoms with van der Waals surface area (Å²) in [5.41, 5.74) is 8.72. The summed E-state index contributed by atoms with van der Waals surface area (Å²) in [4.78, 5) is 2.26. The van der Waals surface area contributed by atoms with E-state index in [0.717, 1.165) is 22.3 Å². The minimum Gasteiger partial charge on any atom is -0.384 e. The van der Waals surface area contributed by atoms with Crippen LogP contribution in [0.25, 0.3) is 0 Å². The highest BCUT2D eigenvalue weighted by Gasteiger charge is 2.17. The SMILES string of the molecule is CC(C)N(Cc1ccccc1)c1cc(Br)ccc1C(=N)N. The average molecular weight is 346 g/mol. The maximum Gasteiger partial charge on any atom is 0.124 e. The first-order valence-electron chi connectivity index (χ1n) is 6.93. The van der Waals surface area contributed by atoms with Gasteiger partial charge in [-0.05, 0) is 37.6 Å². The zero-order chi connectivity index (χ0) is 15.4. The van der Waals surface area contributed by atoms with Crippen molar-refractivity contribution in [2.75, 3.05) is 4.90 Å². The van der Waals surface area contributed by atoms with Crippen molar-refractivity contribution in [3.63, 3.8) is 0 Å². The van der Waals surface area contributed by atoms with Crippen LogP contribution in [0.2, 0.25) is 0 Å². The minimum atomic E-state index is 0.0937. The summed E-state index contributed by atoms with van der Waals surface area (Å²) in [7, 11) is 0. The van der Waals surface area contributed by atoms with Gasteiger partial charge in [-0.1, -0.05) is 46.3 Å². The summed E-state index contributed by atoms with van der Waals surface area (Å²) in [6, 6.07) is 16.5. The molecule has 0 amide bonds. The van der Waals surface area contributed by atoms with Crippen LogP contribution < -0.4 is 10.6 Å². The predicted molar refractivity (Wildman–Crippen MR) is 92.9 cm³/mol. The molecule has 3 N–H and O–H groups in total. The van der Waals surface area contributed by atoms with Gasteiger partial charge >= 0.3 is 0 Å². The molecule has 0 spiro atoms. The van der Waals surface area contributed by atoms with Gasteiger partial charge in [0.1, 0.15) is 5.84 Å². The maximum atomic E-state index is 7.80. The van der Waals surface area contributed by atoms with E-state index in [-0.39, 0.29) is 5.84 Å². The van der Waals surface area contributed by atoms with E-state index in [2.05, 4.69) is 46.8 Å². The van der Waals surface area contributed by atoms with Crippen LogP contribution in [0.1, 0.15) is 25.0 Å². The van der Waals surface area contributed by atoms with E-state index in [0.29, 0.717) is 6.04 Å². The van der Waals surface area contributed by atoms with E-state index in [1.165, 1.54) is 5.56 Å². The Kier molecular flexibility index (Phi) is 5.02. The number of nitrogen functional groups attached to an aromatic ring is 1. The average Bonchev–Trinajstić information content (AvgIpc) is 2.45. The molecule has 0 heterocycles. The summed E-state index contributed by atoms with van der Waals surface area (Å²) in [6.45, 7) is 5.08. The predicted octanol–water partition coefficient (Wildman–Crippen LogP) is 4.15. The van der Waals surface area contributed by atoms with Crippen LogP contribution in [-0.4, -0.2) is 11.9 Å². The molecule has 2 aromatic rings. The number of benzene rings is 2. The van der Waals surface area contributed by atoms with E-state index >= 15 is 0 Å². The van der Waals surface area contributed by atoms with Gasteiger partial charge in [-0.2, -0.15) is 0 Å². The monoisotopic (exact) mass is 345 g/mol. The van der Waals surface area contributed by atoms with E-state index < -0.39 is 0 Å². The van der Waals surface area contributed by atoms with Crippen molar-refractivity contribution in [2.24, 2.45) is 5.73 Å². The molecular weight excluding hydrogens is 326 g/mol. The van der Waals surface area contributed by atoms with Gasteiger partial charge in [0.2, 0.25) is 0 Å². The van der Waals surface area contributed by atoms with Gasteiger partial charge in [0.05, 0.1) is 0 Å². The van der Waals surface area contributed by atoms with Gasteiger partial charge in [-0.3, -0.25) is 5.41 Å². The molecule has 0 saturated carbocycles. The normalized spacial score (nSPS) is 10.7. The van der Waals surface area contributed by atoms with Gasteiger partial charge in [0.25, 0.3) is 0 Å². The molecule has 2 rings (SSSR count). The molecular formula is C17H20BrN3. The van der Waals surface area contributed by atoms with E-state index in [4.69, 9.17) is 11.1 Å². The van der Waals surface area contributed by atoms with Crippen molar-refractivity contribution in [3.8, 4) is 0 Å². The highest BCUT2D eigenvalue weighted by molar-refractivity contribution is 9.10. The molecule has 0 aliphatic heterocycles. The highest BCUT2D eigenvalue weighted by Crippen LogP contribution is 2.28. The Labute approximate surface area is 134 Å². The van der Waals surface area contributed by atoms with Gasteiger partial charge in [0.15, 0.2) is 0 Å². The molecule has 0 bridgehead atoms. The van der Waals surface area contributed by atoms with Crippen molar-refractivity contribution in [1.82, 2.24) is 0 Å². The van der Waals surface area contributed by atoms with Gasteiger partial charge in [-0.25, -0.2) is 0 Å². The number of anilines is 1. The number of halogens is 1. The lowest BCUT2D eigenvalue weighted by atomic mass is 10.1. The topological polar surface area (TPSA) is 53.1 Å². The van der Waals surface area contributed by atoms with Crippen LogP contribution in [0.5, 0.6) is 0 Å². The number of nitrogens with one attached hydrogen (secondary N) is 1. The summed E-state index contributed by atoms with van der Waals surface area (Å²) < 4.78 is 0.987. The zero-order valence-electron chi connectivity index (χ0n) is 12.3. The Bertz CT molecular complexity index is 623. The van der Waals surface area contributed by atoms with E-state index in [1.54, 1.807) is 0 Å². The van der Waals surface area contributed by atoms with Crippen LogP contribution in [0.4, 0.5) is 5.69 Å². The first kappa shape index (κ1) is 15.6. The molecule has 0 aliphatic carbocycles. The molecule has 110 valence electrons. The number of hydrogen-bond acceptors (Lipinski definition) is 2. The summed E-state index contributed by atoms with van der Waals surface area (Å²) >= 11 is 3.51. The van der Waals surface area contributed by atoms with Crippen molar-refractivity contribution >= 4 is 27.5 Å². The zero-order valence-corrected chi connectivity index (χ0v) is 13.9. The molecule has 0 radical (unpaired) electrons. The molecule has 0 atom stereocenters. The Hall–Kier alpha value is -1.81. The third-order valence-corrected chi connectivity index (χ3v) is 3.87. The standard InChI is InChI=1S/C17H20BrN3/c1-12(2)21(11-13-6-4-3-5-7-13)16-10-14(18)8-9-15(16)17(19)20/h3-10,12H,11H2,1-2H3,(H3,19,20). The fraction of sp³-hybridized carbons (Fsp3) is 0.235. The van der Waals surface area contributed by atoms with Crippen LogP contribution in [0.15, 0.2) is 53.0 Å². The molecule has 2 aromatic carbocycles.